The summed E-state index contributed by atoms with van der Waals surface area (Å²) in [5, 5.41) is 5.20. The zero-order valence-electron chi connectivity index (χ0n) is 9.66. The van der Waals surface area contributed by atoms with Crippen molar-refractivity contribution < 1.29 is 14.3 Å². The summed E-state index contributed by atoms with van der Waals surface area (Å²) < 4.78 is 5.23. The molecule has 0 aromatic rings. The van der Waals surface area contributed by atoms with Crippen LogP contribution in [0.2, 0.25) is 0 Å². The molecule has 4 N–H and O–H groups in total. The number of ether oxygens (including phenoxy) is 1. The fraction of sp³-hybridized carbons (Fsp3) is 0.800. The Morgan fingerprint density at radius 3 is 2.62 bits per heavy atom. The molecule has 3 amide bonds. The van der Waals surface area contributed by atoms with Crippen LogP contribution >= 0.6 is 0 Å². The predicted molar refractivity (Wildman–Crippen MR) is 58.8 cm³/mol. The van der Waals surface area contributed by atoms with Gasteiger partial charge in [0.05, 0.1) is 12.1 Å². The summed E-state index contributed by atoms with van der Waals surface area (Å²) in [6.07, 6.45) is 3.14. The Morgan fingerprint density at radius 1 is 1.44 bits per heavy atom. The molecule has 3 unspecified atom stereocenters. The lowest BCUT2D eigenvalue weighted by atomic mass is 10.2. The Balaban J connectivity index is 2.31. The fourth-order valence-electron chi connectivity index (χ4n) is 1.96. The summed E-state index contributed by atoms with van der Waals surface area (Å²) in [6.45, 7) is 1.71. The van der Waals surface area contributed by atoms with Crippen molar-refractivity contribution in [3.63, 3.8) is 0 Å². The monoisotopic (exact) mass is 229 g/mol. The van der Waals surface area contributed by atoms with Gasteiger partial charge in [-0.05, 0) is 26.2 Å². The largest absolute Gasteiger partial charge is 0.381 e. The number of imide groups is 1. The topological polar surface area (TPSA) is 93.4 Å². The van der Waals surface area contributed by atoms with E-state index in [-0.39, 0.29) is 12.1 Å². The second-order valence-corrected chi connectivity index (χ2v) is 4.11. The number of urea groups is 1. The van der Waals surface area contributed by atoms with Gasteiger partial charge in [-0.1, -0.05) is 0 Å². The van der Waals surface area contributed by atoms with Crippen LogP contribution in [-0.2, 0) is 9.53 Å². The van der Waals surface area contributed by atoms with Gasteiger partial charge in [0.25, 0.3) is 0 Å². The number of hydrogen-bond acceptors (Lipinski definition) is 4. The SMILES string of the molecule is COC1CCC(NC(C)C(=O)NC(N)=O)C1. The summed E-state index contributed by atoms with van der Waals surface area (Å²) >= 11 is 0. The molecule has 0 radical (unpaired) electrons. The lowest BCUT2D eigenvalue weighted by Gasteiger charge is -2.18. The van der Waals surface area contributed by atoms with Crippen molar-refractivity contribution in [3.8, 4) is 0 Å². The first-order valence-electron chi connectivity index (χ1n) is 5.42. The number of nitrogens with one attached hydrogen (secondary N) is 2. The van der Waals surface area contributed by atoms with Crippen molar-refractivity contribution in [2.24, 2.45) is 5.73 Å². The highest BCUT2D eigenvalue weighted by Gasteiger charge is 2.27. The molecule has 0 aromatic heterocycles. The highest BCUT2D eigenvalue weighted by molar-refractivity contribution is 5.96. The summed E-state index contributed by atoms with van der Waals surface area (Å²) in [6, 6.07) is -0.980. The Labute approximate surface area is 94.9 Å². The standard InChI is InChI=1S/C10H19N3O3/c1-6(9(14)13-10(11)15)12-7-3-4-8(5-7)16-2/h6-8,12H,3-5H2,1-2H3,(H3,11,13,14,15). The van der Waals surface area contributed by atoms with Crippen molar-refractivity contribution in [2.75, 3.05) is 7.11 Å². The van der Waals surface area contributed by atoms with Crippen LogP contribution in [0.5, 0.6) is 0 Å². The summed E-state index contributed by atoms with van der Waals surface area (Å²) in [7, 11) is 1.69. The Kier molecular flexibility index (Phi) is 4.70. The molecule has 1 rings (SSSR count). The second kappa shape index (κ2) is 5.81. The van der Waals surface area contributed by atoms with Crippen molar-refractivity contribution >= 4 is 11.9 Å². The van der Waals surface area contributed by atoms with Gasteiger partial charge in [0, 0.05) is 13.2 Å². The number of primary amides is 1. The molecule has 0 saturated heterocycles. The molecule has 1 saturated carbocycles. The molecule has 92 valence electrons. The number of hydrogen-bond donors (Lipinski definition) is 3. The summed E-state index contributed by atoms with van der Waals surface area (Å²) in [4.78, 5) is 21.9. The molecule has 0 aliphatic heterocycles. The van der Waals surface area contributed by atoms with Crippen molar-refractivity contribution in [3.05, 3.63) is 0 Å². The Morgan fingerprint density at radius 2 is 2.12 bits per heavy atom. The zero-order chi connectivity index (χ0) is 12.1. The van der Waals surface area contributed by atoms with Gasteiger partial charge >= 0.3 is 6.03 Å². The first kappa shape index (κ1) is 12.9. The van der Waals surface area contributed by atoms with E-state index in [0.717, 1.165) is 19.3 Å². The van der Waals surface area contributed by atoms with Crippen LogP contribution in [0, 0.1) is 0 Å². The number of methoxy groups -OCH3 is 1. The lowest BCUT2D eigenvalue weighted by molar-refractivity contribution is -0.121. The van der Waals surface area contributed by atoms with Gasteiger partial charge in [-0.2, -0.15) is 0 Å². The first-order chi connectivity index (χ1) is 7.52. The zero-order valence-corrected chi connectivity index (χ0v) is 9.66. The van der Waals surface area contributed by atoms with Crippen molar-refractivity contribution in [1.29, 1.82) is 0 Å². The van der Waals surface area contributed by atoms with Crippen LogP contribution in [0.25, 0.3) is 0 Å². The van der Waals surface area contributed by atoms with Gasteiger partial charge in [0.2, 0.25) is 5.91 Å². The van der Waals surface area contributed by atoms with E-state index in [0.29, 0.717) is 0 Å². The maximum Gasteiger partial charge on any atom is 0.318 e. The van der Waals surface area contributed by atoms with Gasteiger partial charge in [0.1, 0.15) is 0 Å². The molecule has 6 nitrogen and oxygen atoms in total. The van der Waals surface area contributed by atoms with Crippen LogP contribution < -0.4 is 16.4 Å². The van der Waals surface area contributed by atoms with Crippen LogP contribution in [0.1, 0.15) is 26.2 Å². The lowest BCUT2D eigenvalue weighted by Crippen LogP contribution is -2.49. The number of nitrogens with two attached hydrogens (primary N) is 1. The predicted octanol–water partition coefficient (Wildman–Crippen LogP) is -0.273. The van der Waals surface area contributed by atoms with Gasteiger partial charge in [-0.3, -0.25) is 10.1 Å². The molecule has 6 heteroatoms. The third-order valence-corrected chi connectivity index (χ3v) is 2.84. The molecule has 1 aliphatic carbocycles. The first-order valence-corrected chi connectivity index (χ1v) is 5.42. The van der Waals surface area contributed by atoms with E-state index >= 15 is 0 Å². The van der Waals surface area contributed by atoms with Crippen LogP contribution in [0.3, 0.4) is 0 Å². The molecular formula is C10H19N3O3. The van der Waals surface area contributed by atoms with E-state index in [1.807, 2.05) is 5.32 Å². The number of carbonyl (C=O) groups is 2. The third-order valence-electron chi connectivity index (χ3n) is 2.84. The van der Waals surface area contributed by atoms with Gasteiger partial charge in [-0.15, -0.1) is 0 Å². The van der Waals surface area contributed by atoms with E-state index in [1.54, 1.807) is 14.0 Å². The smallest absolute Gasteiger partial charge is 0.318 e. The normalized spacial score (nSPS) is 26.4. The van der Waals surface area contributed by atoms with E-state index in [4.69, 9.17) is 10.5 Å². The maximum atomic E-state index is 11.4. The van der Waals surface area contributed by atoms with Gasteiger partial charge in [-0.25, -0.2) is 4.79 Å². The number of amides is 3. The van der Waals surface area contributed by atoms with E-state index < -0.39 is 18.0 Å². The molecule has 3 atom stereocenters. The van der Waals surface area contributed by atoms with Gasteiger partial charge in [0.15, 0.2) is 0 Å². The summed E-state index contributed by atoms with van der Waals surface area (Å²) in [5.41, 5.74) is 4.86. The Hall–Kier alpha value is -1.14. The number of carbonyl (C=O) groups excluding carboxylic acids is 2. The molecule has 0 bridgehead atoms. The van der Waals surface area contributed by atoms with Crippen LogP contribution in [0.15, 0.2) is 0 Å². The molecule has 0 spiro atoms. The highest BCUT2D eigenvalue weighted by Crippen LogP contribution is 2.21. The van der Waals surface area contributed by atoms with E-state index in [1.165, 1.54) is 0 Å². The Bertz CT molecular complexity index is 270. The van der Waals surface area contributed by atoms with Crippen LogP contribution in [0.4, 0.5) is 4.79 Å². The molecule has 1 fully saturated rings. The minimum Gasteiger partial charge on any atom is -0.381 e. The fourth-order valence-corrected chi connectivity index (χ4v) is 1.96. The minimum absolute atomic E-state index is 0.263. The van der Waals surface area contributed by atoms with E-state index in [9.17, 15) is 9.59 Å². The molecule has 16 heavy (non-hydrogen) atoms. The second-order valence-electron chi connectivity index (χ2n) is 4.11. The molecule has 0 heterocycles. The summed E-state index contributed by atoms with van der Waals surface area (Å²) in [5.74, 6) is -0.395. The maximum absolute atomic E-state index is 11.4. The number of rotatable bonds is 4. The van der Waals surface area contributed by atoms with Crippen molar-refractivity contribution in [2.45, 2.75) is 44.4 Å². The molecule has 1 aliphatic rings. The molecule has 0 aromatic carbocycles. The van der Waals surface area contributed by atoms with Gasteiger partial charge < -0.3 is 15.8 Å². The third kappa shape index (κ3) is 3.79. The minimum atomic E-state index is -0.820. The average Bonchev–Trinajstić information content (AvgIpc) is 2.64. The quantitative estimate of drug-likeness (QED) is 0.618. The molecular weight excluding hydrogens is 210 g/mol. The van der Waals surface area contributed by atoms with Crippen LogP contribution in [-0.4, -0.2) is 37.2 Å². The van der Waals surface area contributed by atoms with E-state index in [2.05, 4.69) is 5.32 Å². The average molecular weight is 229 g/mol. The van der Waals surface area contributed by atoms with Crippen molar-refractivity contribution in [1.82, 2.24) is 10.6 Å². The highest BCUT2D eigenvalue weighted by atomic mass is 16.5.